The van der Waals surface area contributed by atoms with Gasteiger partial charge in [0.05, 0.1) is 26.2 Å². The summed E-state index contributed by atoms with van der Waals surface area (Å²) in [6.07, 6.45) is 2.88. The predicted octanol–water partition coefficient (Wildman–Crippen LogP) is 1.27. The number of ether oxygens (including phenoxy) is 2. The van der Waals surface area contributed by atoms with Gasteiger partial charge in [0.1, 0.15) is 0 Å². The molecule has 0 spiro atoms. The number of hydrogen-bond acceptors (Lipinski definition) is 6. The standard InChI is InChI=1S/C18H32N4O3S.HI/c1-19-17(21-6-3-15(4-7-21)16(23)24-2)20-13-18(5-12-26-14-18)22-8-10-25-11-9-22;/h15H,3-14H2,1-2H3,(H,19,20);1H. The number of likely N-dealkylation sites (tertiary alicyclic amines) is 1. The molecule has 0 bridgehead atoms. The van der Waals surface area contributed by atoms with Crippen LogP contribution >= 0.6 is 35.7 Å². The molecule has 0 aromatic carbocycles. The number of morpholine rings is 1. The molecule has 0 aromatic heterocycles. The Bertz CT molecular complexity index is 503. The van der Waals surface area contributed by atoms with Gasteiger partial charge in [0.25, 0.3) is 0 Å². The number of esters is 1. The van der Waals surface area contributed by atoms with Crippen molar-refractivity contribution in [1.82, 2.24) is 15.1 Å². The van der Waals surface area contributed by atoms with Gasteiger partial charge in [0, 0.05) is 51.1 Å². The van der Waals surface area contributed by atoms with Gasteiger partial charge in [-0.2, -0.15) is 11.8 Å². The summed E-state index contributed by atoms with van der Waals surface area (Å²) in [7, 11) is 3.32. The van der Waals surface area contributed by atoms with Crippen LogP contribution in [0.2, 0.25) is 0 Å². The Morgan fingerprint density at radius 2 is 2.00 bits per heavy atom. The smallest absolute Gasteiger partial charge is 0.308 e. The molecule has 0 amide bonds. The molecular weight excluding hydrogens is 479 g/mol. The third-order valence-electron chi connectivity index (χ3n) is 5.88. The first-order chi connectivity index (χ1) is 12.7. The average Bonchev–Trinajstić information content (AvgIpc) is 3.19. The van der Waals surface area contributed by atoms with Crippen LogP contribution in [0, 0.1) is 5.92 Å². The van der Waals surface area contributed by atoms with Crippen molar-refractivity contribution in [1.29, 1.82) is 0 Å². The van der Waals surface area contributed by atoms with Crippen molar-refractivity contribution in [3.8, 4) is 0 Å². The molecule has 7 nitrogen and oxygen atoms in total. The van der Waals surface area contributed by atoms with E-state index in [1.807, 2.05) is 18.8 Å². The summed E-state index contributed by atoms with van der Waals surface area (Å²) < 4.78 is 10.4. The zero-order valence-corrected chi connectivity index (χ0v) is 19.6. The van der Waals surface area contributed by atoms with Gasteiger partial charge in [-0.25, -0.2) is 0 Å². The summed E-state index contributed by atoms with van der Waals surface area (Å²) in [5.41, 5.74) is 0.203. The minimum atomic E-state index is -0.0816. The van der Waals surface area contributed by atoms with Gasteiger partial charge in [-0.15, -0.1) is 24.0 Å². The van der Waals surface area contributed by atoms with Crippen LogP contribution in [0.25, 0.3) is 0 Å². The van der Waals surface area contributed by atoms with Gasteiger partial charge >= 0.3 is 5.97 Å². The molecule has 3 aliphatic heterocycles. The van der Waals surface area contributed by atoms with Crippen molar-refractivity contribution in [3.05, 3.63) is 0 Å². The molecule has 9 heteroatoms. The van der Waals surface area contributed by atoms with E-state index in [2.05, 4.69) is 20.1 Å². The van der Waals surface area contributed by atoms with Gasteiger partial charge in [-0.3, -0.25) is 14.7 Å². The Labute approximate surface area is 184 Å². The summed E-state index contributed by atoms with van der Waals surface area (Å²) >= 11 is 2.05. The number of halogens is 1. The number of guanidine groups is 1. The molecule has 1 unspecified atom stereocenters. The number of thioether (sulfide) groups is 1. The van der Waals surface area contributed by atoms with Crippen LogP contribution in [0.5, 0.6) is 0 Å². The lowest BCUT2D eigenvalue weighted by Crippen LogP contribution is -2.60. The maximum Gasteiger partial charge on any atom is 0.308 e. The second-order valence-corrected chi connectivity index (χ2v) is 8.42. The van der Waals surface area contributed by atoms with E-state index in [9.17, 15) is 4.79 Å². The van der Waals surface area contributed by atoms with Crippen molar-refractivity contribution < 1.29 is 14.3 Å². The Balaban J connectivity index is 0.00000261. The minimum Gasteiger partial charge on any atom is -0.469 e. The molecule has 3 saturated heterocycles. The molecule has 27 heavy (non-hydrogen) atoms. The number of hydrogen-bond donors (Lipinski definition) is 1. The number of carbonyl (C=O) groups is 1. The Morgan fingerprint density at radius 3 is 2.56 bits per heavy atom. The van der Waals surface area contributed by atoms with Gasteiger partial charge in [-0.1, -0.05) is 0 Å². The molecule has 3 fully saturated rings. The highest BCUT2D eigenvalue weighted by Gasteiger charge is 2.41. The Morgan fingerprint density at radius 1 is 1.30 bits per heavy atom. The molecular formula is C18H33IN4O3S. The zero-order chi connectivity index (χ0) is 18.4. The summed E-state index contributed by atoms with van der Waals surface area (Å²) in [5.74, 6) is 3.30. The summed E-state index contributed by atoms with van der Waals surface area (Å²) in [5, 5.41) is 3.64. The van der Waals surface area contributed by atoms with E-state index in [0.717, 1.165) is 64.7 Å². The lowest BCUT2D eigenvalue weighted by molar-refractivity contribution is -0.146. The quantitative estimate of drug-likeness (QED) is 0.264. The molecule has 1 atom stereocenters. The third kappa shape index (κ3) is 5.63. The second kappa shape index (κ2) is 11.1. The molecule has 0 radical (unpaired) electrons. The van der Waals surface area contributed by atoms with Gasteiger partial charge < -0.3 is 19.7 Å². The molecule has 156 valence electrons. The van der Waals surface area contributed by atoms with Gasteiger partial charge in [0.2, 0.25) is 0 Å². The Kier molecular flexibility index (Phi) is 9.43. The molecule has 3 rings (SSSR count). The van der Waals surface area contributed by atoms with Crippen LogP contribution in [0.15, 0.2) is 4.99 Å². The fourth-order valence-electron chi connectivity index (χ4n) is 4.20. The molecule has 3 aliphatic rings. The van der Waals surface area contributed by atoms with Gasteiger partial charge in [0.15, 0.2) is 5.96 Å². The van der Waals surface area contributed by atoms with Crippen LogP contribution in [0.3, 0.4) is 0 Å². The van der Waals surface area contributed by atoms with E-state index in [4.69, 9.17) is 9.47 Å². The summed E-state index contributed by atoms with van der Waals surface area (Å²) in [6.45, 7) is 6.32. The molecule has 0 aliphatic carbocycles. The topological polar surface area (TPSA) is 66.4 Å². The first kappa shape index (κ1) is 23.0. The second-order valence-electron chi connectivity index (χ2n) is 7.31. The predicted molar refractivity (Wildman–Crippen MR) is 120 cm³/mol. The van der Waals surface area contributed by atoms with Crippen LogP contribution in [0.4, 0.5) is 0 Å². The number of aliphatic imine (C=N–C) groups is 1. The van der Waals surface area contributed by atoms with Crippen molar-refractivity contribution in [2.24, 2.45) is 10.9 Å². The number of carbonyl (C=O) groups excluding carboxylic acids is 1. The number of piperidine rings is 1. The number of nitrogens with zero attached hydrogens (tertiary/aromatic N) is 3. The van der Waals surface area contributed by atoms with Crippen LogP contribution in [-0.4, -0.2) is 98.9 Å². The zero-order valence-electron chi connectivity index (χ0n) is 16.4. The minimum absolute atomic E-state index is 0. The highest BCUT2D eigenvalue weighted by molar-refractivity contribution is 14.0. The largest absolute Gasteiger partial charge is 0.469 e. The summed E-state index contributed by atoms with van der Waals surface area (Å²) in [6, 6.07) is 0. The van der Waals surface area contributed by atoms with E-state index in [0.29, 0.717) is 0 Å². The van der Waals surface area contributed by atoms with E-state index >= 15 is 0 Å². The maximum absolute atomic E-state index is 11.7. The van der Waals surface area contributed by atoms with Crippen LogP contribution in [0.1, 0.15) is 19.3 Å². The average molecular weight is 512 g/mol. The van der Waals surface area contributed by atoms with E-state index in [-0.39, 0.29) is 41.4 Å². The third-order valence-corrected chi connectivity index (χ3v) is 7.12. The van der Waals surface area contributed by atoms with Gasteiger partial charge in [-0.05, 0) is 25.0 Å². The highest BCUT2D eigenvalue weighted by Crippen LogP contribution is 2.33. The molecule has 1 N–H and O–H groups in total. The highest BCUT2D eigenvalue weighted by atomic mass is 127. The van der Waals surface area contributed by atoms with Crippen molar-refractivity contribution >= 4 is 47.7 Å². The van der Waals surface area contributed by atoms with Crippen molar-refractivity contribution in [2.75, 3.05) is 71.6 Å². The van der Waals surface area contributed by atoms with Crippen molar-refractivity contribution in [3.63, 3.8) is 0 Å². The number of nitrogens with one attached hydrogen (secondary N) is 1. The summed E-state index contributed by atoms with van der Waals surface area (Å²) in [4.78, 5) is 21.1. The van der Waals surface area contributed by atoms with Crippen LogP contribution < -0.4 is 5.32 Å². The number of methoxy groups -OCH3 is 1. The SMILES string of the molecule is CN=C(NCC1(N2CCOCC2)CCSC1)N1CCC(C(=O)OC)CC1.I. The van der Waals surface area contributed by atoms with E-state index in [1.54, 1.807) is 0 Å². The number of rotatable bonds is 4. The normalized spacial score (nSPS) is 27.9. The first-order valence-electron chi connectivity index (χ1n) is 9.62. The fraction of sp³-hybridized carbons (Fsp3) is 0.889. The monoisotopic (exact) mass is 512 g/mol. The van der Waals surface area contributed by atoms with Crippen LogP contribution in [-0.2, 0) is 14.3 Å². The first-order valence-corrected chi connectivity index (χ1v) is 10.8. The molecule has 0 saturated carbocycles. The fourth-order valence-corrected chi connectivity index (χ4v) is 5.68. The lowest BCUT2D eigenvalue weighted by atomic mass is 9.95. The molecule has 3 heterocycles. The van der Waals surface area contributed by atoms with E-state index in [1.165, 1.54) is 25.0 Å². The lowest BCUT2D eigenvalue weighted by Gasteiger charge is -2.44. The maximum atomic E-state index is 11.7. The van der Waals surface area contributed by atoms with Crippen molar-refractivity contribution in [2.45, 2.75) is 24.8 Å². The Hall–Kier alpha value is -0.260. The van der Waals surface area contributed by atoms with E-state index < -0.39 is 0 Å². The molecule has 0 aromatic rings.